The number of benzene rings is 1. The summed E-state index contributed by atoms with van der Waals surface area (Å²) in [6.07, 6.45) is 11.0. The molecular weight excluding hydrogens is 277 g/mol. The highest BCUT2D eigenvalue weighted by Crippen LogP contribution is 2.21. The van der Waals surface area contributed by atoms with Crippen LogP contribution in [0.5, 0.6) is 0 Å². The maximum atomic E-state index is 13.4. The van der Waals surface area contributed by atoms with Crippen molar-refractivity contribution in [1.29, 1.82) is 0 Å². The molecule has 3 nitrogen and oxygen atoms in total. The zero-order chi connectivity index (χ0) is 15.4. The predicted molar refractivity (Wildman–Crippen MR) is 87.5 cm³/mol. The van der Waals surface area contributed by atoms with Crippen molar-refractivity contribution in [2.45, 2.75) is 13.0 Å². The first kappa shape index (κ1) is 14.5. The summed E-state index contributed by atoms with van der Waals surface area (Å²) in [5.41, 5.74) is 8.54. The van der Waals surface area contributed by atoms with Crippen molar-refractivity contribution >= 4 is 23.1 Å². The second-order valence-corrected chi connectivity index (χ2v) is 5.28. The largest absolute Gasteiger partial charge is 0.361 e. The summed E-state index contributed by atoms with van der Waals surface area (Å²) in [6.45, 7) is 1.63. The van der Waals surface area contributed by atoms with E-state index in [1.165, 1.54) is 6.07 Å². The molecule has 0 aliphatic heterocycles. The summed E-state index contributed by atoms with van der Waals surface area (Å²) in [7, 11) is 0. The number of aryl methyl sites for hydroxylation is 1. The van der Waals surface area contributed by atoms with Crippen molar-refractivity contribution in [3.05, 3.63) is 65.9 Å². The lowest BCUT2D eigenvalue weighted by Gasteiger charge is -1.96. The van der Waals surface area contributed by atoms with Gasteiger partial charge < -0.3 is 10.7 Å². The fourth-order valence-corrected chi connectivity index (χ4v) is 2.44. The maximum Gasteiger partial charge on any atom is 0.169 e. The highest BCUT2D eigenvalue weighted by atomic mass is 19.1. The Hall–Kier alpha value is -2.46. The van der Waals surface area contributed by atoms with E-state index in [0.717, 1.165) is 35.0 Å². The number of pyridine rings is 1. The molecule has 0 aliphatic carbocycles. The van der Waals surface area contributed by atoms with Gasteiger partial charge in [0.2, 0.25) is 0 Å². The summed E-state index contributed by atoms with van der Waals surface area (Å²) in [6, 6.07) is 8.89. The van der Waals surface area contributed by atoms with E-state index in [1.807, 2.05) is 30.7 Å². The molecule has 3 N–H and O–H groups in total. The molecule has 3 aromatic rings. The summed E-state index contributed by atoms with van der Waals surface area (Å²) in [5.74, 6) is -0.220. The Morgan fingerprint density at radius 3 is 2.73 bits per heavy atom. The Bertz CT molecular complexity index is 788. The molecule has 0 saturated carbocycles. The van der Waals surface area contributed by atoms with Gasteiger partial charge in [-0.25, -0.2) is 8.96 Å². The summed E-state index contributed by atoms with van der Waals surface area (Å²) >= 11 is 0. The van der Waals surface area contributed by atoms with Crippen molar-refractivity contribution in [2.75, 3.05) is 6.54 Å². The molecule has 0 atom stereocenters. The average Bonchev–Trinajstić information content (AvgIpc) is 2.94. The number of halogens is 1. The molecule has 0 amide bonds. The smallest absolute Gasteiger partial charge is 0.169 e. The lowest BCUT2D eigenvalue weighted by Crippen LogP contribution is -2.33. The standard InChI is InChI=1S/C18H18FN3/c19-16-4-5-18-17(12-16)15(13-21-18)3-2-14-6-10-22(11-7-14)9-1-8-20/h2-7,10-13H,1,8-9,20H2/p+1. The fraction of sp³-hybridized carbons (Fsp3) is 0.167. The zero-order valence-corrected chi connectivity index (χ0v) is 12.3. The Morgan fingerprint density at radius 1 is 1.14 bits per heavy atom. The molecule has 22 heavy (non-hydrogen) atoms. The molecule has 0 radical (unpaired) electrons. The number of aromatic amines is 1. The molecular formula is C18H19FN3+. The summed E-state index contributed by atoms with van der Waals surface area (Å²) in [5, 5.41) is 0.894. The minimum absolute atomic E-state index is 0.220. The van der Waals surface area contributed by atoms with Gasteiger partial charge in [0.25, 0.3) is 0 Å². The Labute approximate surface area is 128 Å². The van der Waals surface area contributed by atoms with Crippen LogP contribution in [0.4, 0.5) is 4.39 Å². The lowest BCUT2D eigenvalue weighted by molar-refractivity contribution is -0.697. The number of nitrogens with two attached hydrogens (primary N) is 1. The number of nitrogens with zero attached hydrogens (tertiary/aromatic N) is 1. The van der Waals surface area contributed by atoms with Crippen LogP contribution in [0.1, 0.15) is 17.5 Å². The van der Waals surface area contributed by atoms with Gasteiger partial charge in [-0.2, -0.15) is 0 Å². The van der Waals surface area contributed by atoms with Gasteiger partial charge in [-0.3, -0.25) is 0 Å². The molecule has 0 fully saturated rings. The summed E-state index contributed by atoms with van der Waals surface area (Å²) in [4.78, 5) is 3.15. The second kappa shape index (κ2) is 6.54. The van der Waals surface area contributed by atoms with Gasteiger partial charge in [0.1, 0.15) is 12.4 Å². The van der Waals surface area contributed by atoms with E-state index in [0.29, 0.717) is 6.54 Å². The second-order valence-electron chi connectivity index (χ2n) is 5.28. The lowest BCUT2D eigenvalue weighted by atomic mass is 10.1. The maximum absolute atomic E-state index is 13.4. The third-order valence-electron chi connectivity index (χ3n) is 3.67. The van der Waals surface area contributed by atoms with E-state index < -0.39 is 0 Å². The Morgan fingerprint density at radius 2 is 1.95 bits per heavy atom. The first-order valence-electron chi connectivity index (χ1n) is 7.40. The van der Waals surface area contributed by atoms with Crippen molar-refractivity contribution in [1.82, 2.24) is 4.98 Å². The van der Waals surface area contributed by atoms with Crippen LogP contribution in [-0.2, 0) is 6.54 Å². The van der Waals surface area contributed by atoms with Gasteiger partial charge in [0.05, 0.1) is 0 Å². The monoisotopic (exact) mass is 296 g/mol. The quantitative estimate of drug-likeness (QED) is 0.698. The third-order valence-corrected chi connectivity index (χ3v) is 3.67. The van der Waals surface area contributed by atoms with E-state index >= 15 is 0 Å². The van der Waals surface area contributed by atoms with E-state index in [4.69, 9.17) is 5.73 Å². The fourth-order valence-electron chi connectivity index (χ4n) is 2.44. The number of nitrogens with one attached hydrogen (secondary N) is 1. The highest BCUT2D eigenvalue weighted by molar-refractivity contribution is 5.91. The zero-order valence-electron chi connectivity index (χ0n) is 12.3. The van der Waals surface area contributed by atoms with Crippen molar-refractivity contribution in [3.8, 4) is 0 Å². The van der Waals surface area contributed by atoms with E-state index in [-0.39, 0.29) is 5.82 Å². The van der Waals surface area contributed by atoms with Gasteiger partial charge in [-0.1, -0.05) is 12.2 Å². The molecule has 0 spiro atoms. The molecule has 112 valence electrons. The minimum Gasteiger partial charge on any atom is -0.361 e. The Balaban J connectivity index is 1.79. The number of hydrogen-bond acceptors (Lipinski definition) is 1. The molecule has 0 bridgehead atoms. The van der Waals surface area contributed by atoms with Crippen LogP contribution in [0, 0.1) is 5.82 Å². The molecule has 0 saturated heterocycles. The van der Waals surface area contributed by atoms with E-state index in [2.05, 4.69) is 21.7 Å². The van der Waals surface area contributed by atoms with Gasteiger partial charge in [0, 0.05) is 35.7 Å². The molecule has 0 unspecified atom stereocenters. The number of rotatable bonds is 5. The van der Waals surface area contributed by atoms with Crippen LogP contribution in [0.3, 0.4) is 0 Å². The number of aromatic nitrogens is 2. The highest BCUT2D eigenvalue weighted by Gasteiger charge is 2.02. The number of H-pyrrole nitrogens is 1. The SMILES string of the molecule is NCCC[n+]1ccc(/C=C/c2c[nH]c3ccc(F)cc23)cc1. The van der Waals surface area contributed by atoms with Gasteiger partial charge in [-0.15, -0.1) is 0 Å². The van der Waals surface area contributed by atoms with Crippen molar-refractivity contribution in [3.63, 3.8) is 0 Å². The van der Waals surface area contributed by atoms with Crippen LogP contribution in [0.2, 0.25) is 0 Å². The van der Waals surface area contributed by atoms with Crippen molar-refractivity contribution < 1.29 is 8.96 Å². The van der Waals surface area contributed by atoms with Crippen LogP contribution < -0.4 is 10.3 Å². The van der Waals surface area contributed by atoms with E-state index in [9.17, 15) is 4.39 Å². The van der Waals surface area contributed by atoms with E-state index in [1.54, 1.807) is 12.1 Å². The first-order chi connectivity index (χ1) is 10.8. The average molecular weight is 296 g/mol. The third kappa shape index (κ3) is 3.23. The van der Waals surface area contributed by atoms with Gasteiger partial charge >= 0.3 is 0 Å². The molecule has 0 aliphatic rings. The predicted octanol–water partition coefficient (Wildman–Crippen LogP) is 3.11. The topological polar surface area (TPSA) is 45.7 Å². The number of hydrogen-bond donors (Lipinski definition) is 2. The van der Waals surface area contributed by atoms with Gasteiger partial charge in [0.15, 0.2) is 12.4 Å². The van der Waals surface area contributed by atoms with Crippen LogP contribution >= 0.6 is 0 Å². The number of fused-ring (bicyclic) bond motifs is 1. The van der Waals surface area contributed by atoms with Gasteiger partial charge in [-0.05, 0) is 35.9 Å². The molecule has 3 rings (SSSR count). The Kier molecular flexibility index (Phi) is 4.30. The first-order valence-corrected chi connectivity index (χ1v) is 7.40. The molecule has 2 heterocycles. The minimum atomic E-state index is -0.220. The molecule has 2 aromatic heterocycles. The molecule has 1 aromatic carbocycles. The normalized spacial score (nSPS) is 11.5. The van der Waals surface area contributed by atoms with Crippen molar-refractivity contribution in [2.24, 2.45) is 5.73 Å². The molecule has 4 heteroatoms. The van der Waals surface area contributed by atoms with Crippen LogP contribution in [-0.4, -0.2) is 11.5 Å². The summed E-state index contributed by atoms with van der Waals surface area (Å²) < 4.78 is 15.5. The van der Waals surface area contributed by atoms with Crippen LogP contribution in [0.15, 0.2) is 48.9 Å². The van der Waals surface area contributed by atoms with Crippen LogP contribution in [0.25, 0.3) is 23.1 Å².